The predicted octanol–water partition coefficient (Wildman–Crippen LogP) is -5.40. The Balaban J connectivity index is 5.84. The summed E-state index contributed by atoms with van der Waals surface area (Å²) in [7, 11) is 0. The number of nitrogens with one attached hydrogen (secondary N) is 4. The third-order valence-electron chi connectivity index (χ3n) is 7.11. The molecule has 0 rings (SSSR count). The van der Waals surface area contributed by atoms with E-state index in [4.69, 9.17) is 67.8 Å². The molecule has 0 saturated heterocycles. The van der Waals surface area contributed by atoms with Crippen molar-refractivity contribution in [2.45, 2.75) is 86.3 Å². The van der Waals surface area contributed by atoms with Crippen molar-refractivity contribution < 1.29 is 53.4 Å². The highest BCUT2D eigenvalue weighted by Gasteiger charge is 2.39. The minimum Gasteiger partial charge on any atom is -0.481 e. The molecule has 25 heteroatoms. The monoisotopic (exact) mass is 810 g/mol. The molecular weight excluding hydrogens is 763 g/mol. The number of alkyl halides is 2. The number of halogens is 2. The van der Waals surface area contributed by atoms with E-state index in [0.717, 1.165) is 0 Å². The molecule has 2 unspecified atom stereocenters. The fourth-order valence-electron chi connectivity index (χ4n) is 4.25. The lowest BCUT2D eigenvalue weighted by atomic mass is 9.96. The number of guanidine groups is 2. The molecule has 0 aliphatic carbocycles. The molecule has 18 N–H and O–H groups in total. The second-order valence-electron chi connectivity index (χ2n) is 11.6. The molecule has 304 valence electrons. The average molecular weight is 812 g/mol. The second kappa shape index (κ2) is 25.8. The number of carbonyl (C=O) groups excluding carboxylic acids is 7. The number of Topliss-reactive ketones (excluding diaryl/α,β-unsaturated/α-hetero) is 3. The van der Waals surface area contributed by atoms with Gasteiger partial charge in [0.25, 0.3) is 0 Å². The number of carbonyl (C=O) groups is 9. The van der Waals surface area contributed by atoms with Crippen molar-refractivity contribution in [3.05, 3.63) is 0 Å². The van der Waals surface area contributed by atoms with Gasteiger partial charge in [-0.3, -0.25) is 53.1 Å². The second-order valence-corrected chi connectivity index (χ2v) is 12.5. The molecule has 23 nitrogen and oxygen atoms in total. The van der Waals surface area contributed by atoms with Crippen LogP contribution in [0.3, 0.4) is 0 Å². The van der Waals surface area contributed by atoms with Crippen LogP contribution < -0.4 is 55.7 Å². The maximum absolute atomic E-state index is 13.4. The van der Waals surface area contributed by atoms with Gasteiger partial charge < -0.3 is 65.9 Å². The highest BCUT2D eigenvalue weighted by atomic mass is 35.5. The SMILES string of the molecule is NC(N)=NCCC[C@H](NC(=O)CNC(=O)[C@@H](N)CCC(=O)O)C(=O)C(Cl)C(=O)C(Cl)C(=O)[C@H](CCCN=C(N)N)NC(=O)CNC(=O)[C@@H](N)CCC(=O)O. The molecule has 0 aliphatic heterocycles. The molecule has 0 radical (unpaired) electrons. The van der Waals surface area contributed by atoms with Crippen LogP contribution in [-0.2, 0) is 43.2 Å². The quantitative estimate of drug-likeness (QED) is 0.0115. The fraction of sp³-hybridized carbons (Fsp3) is 0.621. The van der Waals surface area contributed by atoms with Gasteiger partial charge >= 0.3 is 11.9 Å². The van der Waals surface area contributed by atoms with Crippen molar-refractivity contribution in [3.63, 3.8) is 0 Å². The number of carboxylic acids is 2. The number of carboxylic acid groups (broad SMARTS) is 2. The number of hydrogen-bond donors (Lipinski definition) is 12. The number of hydrogen-bond acceptors (Lipinski definition) is 13. The number of amides is 4. The number of nitrogens with two attached hydrogens (primary N) is 6. The zero-order valence-electron chi connectivity index (χ0n) is 29.1. The van der Waals surface area contributed by atoms with Crippen molar-refractivity contribution in [1.82, 2.24) is 21.3 Å². The number of rotatable bonds is 28. The van der Waals surface area contributed by atoms with Gasteiger partial charge in [-0.2, -0.15) is 0 Å². The van der Waals surface area contributed by atoms with E-state index in [1.807, 2.05) is 0 Å². The Labute approximate surface area is 319 Å². The molecule has 0 bridgehead atoms. The van der Waals surface area contributed by atoms with Gasteiger partial charge in [-0.05, 0) is 38.5 Å². The molecule has 0 aromatic rings. The third-order valence-corrected chi connectivity index (χ3v) is 7.97. The smallest absolute Gasteiger partial charge is 0.303 e. The van der Waals surface area contributed by atoms with Gasteiger partial charge in [0, 0.05) is 25.9 Å². The molecule has 6 atom stereocenters. The van der Waals surface area contributed by atoms with Gasteiger partial charge in [0.1, 0.15) is 0 Å². The fourth-order valence-corrected chi connectivity index (χ4v) is 4.87. The maximum Gasteiger partial charge on any atom is 0.303 e. The standard InChI is InChI=1S/C29H48Cl2N12O11/c30-21(23(50)15(3-1-9-38-28(34)35)42-17(44)11-40-26(53)13(32)5-7-19(46)47)25(52)22(31)24(51)16(4-2-10-39-29(36)37)43-18(45)12-41-27(54)14(33)6-8-20(48)49/h13-16,21-22H,1-12,32-33H2,(H,40,53)(H,41,54)(H,42,44)(H,43,45)(H,46,47)(H,48,49)(H4,34,35,38)(H4,36,37,39)/t13-,14-,15-,16-,21?,22?/m0/s1. The Morgan fingerprint density at radius 1 is 0.556 bits per heavy atom. The summed E-state index contributed by atoms with van der Waals surface area (Å²) >= 11 is 12.4. The van der Waals surface area contributed by atoms with Crippen LogP contribution in [0, 0.1) is 0 Å². The summed E-state index contributed by atoms with van der Waals surface area (Å²) in [6, 6.07) is -5.48. The first-order chi connectivity index (χ1) is 25.2. The lowest BCUT2D eigenvalue weighted by Crippen LogP contribution is -2.53. The first-order valence-corrected chi connectivity index (χ1v) is 17.1. The van der Waals surface area contributed by atoms with Crippen LogP contribution in [0.15, 0.2) is 9.98 Å². The lowest BCUT2D eigenvalue weighted by molar-refractivity contribution is -0.138. The van der Waals surface area contributed by atoms with E-state index in [2.05, 4.69) is 31.3 Å². The summed E-state index contributed by atoms with van der Waals surface area (Å²) in [4.78, 5) is 119. The van der Waals surface area contributed by atoms with Gasteiger partial charge in [-0.1, -0.05) is 0 Å². The van der Waals surface area contributed by atoms with E-state index < -0.39 is 114 Å². The van der Waals surface area contributed by atoms with E-state index in [-0.39, 0.29) is 63.5 Å². The molecule has 0 aromatic heterocycles. The van der Waals surface area contributed by atoms with Crippen LogP contribution in [-0.4, -0.2) is 136 Å². The molecule has 0 aromatic carbocycles. The van der Waals surface area contributed by atoms with Crippen molar-refractivity contribution in [3.8, 4) is 0 Å². The normalized spacial score (nSPS) is 14.0. The first-order valence-electron chi connectivity index (χ1n) is 16.3. The summed E-state index contributed by atoms with van der Waals surface area (Å²) in [5.41, 5.74) is 32.5. The minimum absolute atomic E-state index is 0.00930. The van der Waals surface area contributed by atoms with Gasteiger partial charge in [-0.25, -0.2) is 0 Å². The van der Waals surface area contributed by atoms with Crippen LogP contribution in [0.2, 0.25) is 0 Å². The van der Waals surface area contributed by atoms with Crippen LogP contribution in [0.5, 0.6) is 0 Å². The minimum atomic E-state index is -2.12. The number of nitrogens with zero attached hydrogens (tertiary/aromatic N) is 2. The van der Waals surface area contributed by atoms with Crippen molar-refractivity contribution in [2.24, 2.45) is 44.4 Å². The lowest BCUT2D eigenvalue weighted by Gasteiger charge is -2.23. The third kappa shape index (κ3) is 20.8. The number of aliphatic carboxylic acids is 2. The van der Waals surface area contributed by atoms with Crippen LogP contribution >= 0.6 is 23.2 Å². The zero-order valence-corrected chi connectivity index (χ0v) is 30.6. The Kier molecular flexibility index (Phi) is 23.3. The van der Waals surface area contributed by atoms with Gasteiger partial charge in [0.15, 0.2) is 40.0 Å². The van der Waals surface area contributed by atoms with Crippen molar-refractivity contribution in [2.75, 3.05) is 26.2 Å². The van der Waals surface area contributed by atoms with E-state index >= 15 is 0 Å². The highest BCUT2D eigenvalue weighted by Crippen LogP contribution is 2.16. The predicted molar refractivity (Wildman–Crippen MR) is 194 cm³/mol. The van der Waals surface area contributed by atoms with Crippen molar-refractivity contribution in [1.29, 1.82) is 0 Å². The number of ketones is 3. The largest absolute Gasteiger partial charge is 0.481 e. The average Bonchev–Trinajstić information content (AvgIpc) is 3.11. The van der Waals surface area contributed by atoms with Gasteiger partial charge in [0.05, 0.1) is 37.3 Å². The molecule has 0 spiro atoms. The molecule has 54 heavy (non-hydrogen) atoms. The van der Waals surface area contributed by atoms with Crippen LogP contribution in [0.25, 0.3) is 0 Å². The van der Waals surface area contributed by atoms with E-state index in [1.54, 1.807) is 0 Å². The number of aliphatic imine (C=N–C) groups is 2. The molecule has 0 aliphatic rings. The van der Waals surface area contributed by atoms with Crippen LogP contribution in [0.4, 0.5) is 0 Å². The Morgan fingerprint density at radius 2 is 0.889 bits per heavy atom. The Morgan fingerprint density at radius 3 is 1.19 bits per heavy atom. The first kappa shape index (κ1) is 48.9. The molecule has 0 fully saturated rings. The summed E-state index contributed by atoms with van der Waals surface area (Å²) in [6.07, 6.45) is -1.45. The summed E-state index contributed by atoms with van der Waals surface area (Å²) in [6.45, 7) is -1.43. The van der Waals surface area contributed by atoms with E-state index in [9.17, 15) is 43.2 Å². The summed E-state index contributed by atoms with van der Waals surface area (Å²) < 4.78 is 0. The molecular formula is C29H48Cl2N12O11. The zero-order chi connectivity index (χ0) is 41.5. The topological polar surface area (TPSA) is 423 Å². The van der Waals surface area contributed by atoms with Crippen LogP contribution in [0.1, 0.15) is 51.4 Å². The summed E-state index contributed by atoms with van der Waals surface area (Å²) in [5, 5.41) is 22.3. The summed E-state index contributed by atoms with van der Waals surface area (Å²) in [5.74, 6) is -9.97. The van der Waals surface area contributed by atoms with Gasteiger partial charge in [0.2, 0.25) is 23.6 Å². The molecule has 4 amide bonds. The Bertz CT molecular complexity index is 1320. The van der Waals surface area contributed by atoms with E-state index in [0.29, 0.717) is 0 Å². The molecule has 0 heterocycles. The van der Waals surface area contributed by atoms with Crippen molar-refractivity contribution >= 4 is 88.0 Å². The maximum atomic E-state index is 13.4. The highest BCUT2D eigenvalue weighted by molar-refractivity contribution is 6.52. The van der Waals surface area contributed by atoms with E-state index in [1.165, 1.54) is 0 Å². The molecule has 0 saturated carbocycles. The van der Waals surface area contributed by atoms with Gasteiger partial charge in [-0.15, -0.1) is 23.2 Å². The Hall–Kier alpha value is -5.13.